The van der Waals surface area contributed by atoms with E-state index in [0.717, 1.165) is 0 Å². The molecule has 0 saturated heterocycles. The Morgan fingerprint density at radius 2 is 1.52 bits per heavy atom. The molecule has 0 atom stereocenters. The summed E-state index contributed by atoms with van der Waals surface area (Å²) in [5.74, 6) is -0.804. The zero-order chi connectivity index (χ0) is 17.8. The number of ketones is 1. The number of hydrogen-bond donors (Lipinski definition) is 5. The molecule has 1 aromatic rings. The second-order valence-electron chi connectivity index (χ2n) is 4.88. The van der Waals surface area contributed by atoms with Crippen molar-refractivity contribution in [2.24, 2.45) is 0 Å². The number of rotatable bonds is 7. The third-order valence-corrected chi connectivity index (χ3v) is 6.81. The number of benzene rings is 1. The maximum Gasteiger partial charge on any atom is 0.340 e. The first-order valence-electron chi connectivity index (χ1n) is 6.42. The molecule has 0 aromatic heterocycles. The molecule has 23 heavy (non-hydrogen) atoms. The predicted octanol–water partition coefficient (Wildman–Crippen LogP) is 1.29. The highest BCUT2D eigenvalue weighted by Gasteiger charge is 2.43. The second-order valence-corrected chi connectivity index (χ2v) is 8.89. The van der Waals surface area contributed by atoms with E-state index < -0.39 is 39.2 Å². The highest BCUT2D eigenvalue weighted by molar-refractivity contribution is 7.70. The molecular weight excluding hydrogens is 348 g/mol. The fourth-order valence-electron chi connectivity index (χ4n) is 1.88. The third-order valence-electron chi connectivity index (χ3n) is 2.93. The molecule has 0 aliphatic rings. The van der Waals surface area contributed by atoms with Crippen molar-refractivity contribution in [3.05, 3.63) is 29.8 Å². The average Bonchev–Trinajstić information content (AvgIpc) is 2.35. The summed E-state index contributed by atoms with van der Waals surface area (Å²) in [5.41, 5.74) is 0.673. The minimum Gasteiger partial charge on any atom is -0.326 e. The Balaban J connectivity index is 2.77. The molecule has 0 fully saturated rings. The summed E-state index contributed by atoms with van der Waals surface area (Å²) in [5, 5.41) is 0.308. The lowest BCUT2D eigenvalue weighted by atomic mass is 10.1. The number of nitrogens with one attached hydrogen (secondary N) is 1. The summed E-state index contributed by atoms with van der Waals surface area (Å²) in [6.07, 6.45) is -1.07. The van der Waals surface area contributed by atoms with Gasteiger partial charge in [0.25, 0.3) is 0 Å². The zero-order valence-corrected chi connectivity index (χ0v) is 13.9. The first kappa shape index (κ1) is 19.7. The molecule has 0 unspecified atom stereocenters. The number of hydrogen-bond acceptors (Lipinski definition) is 4. The molecule has 0 saturated carbocycles. The van der Waals surface area contributed by atoms with Gasteiger partial charge in [0.2, 0.25) is 5.91 Å². The van der Waals surface area contributed by atoms with Gasteiger partial charge in [-0.25, -0.2) is 0 Å². The Hall–Kier alpha value is -1.34. The van der Waals surface area contributed by atoms with E-state index >= 15 is 0 Å². The molecule has 1 rings (SSSR count). The molecule has 11 heteroatoms. The first-order valence-corrected chi connectivity index (χ1v) is 9.79. The van der Waals surface area contributed by atoms with Crippen LogP contribution in [-0.4, -0.2) is 36.7 Å². The van der Waals surface area contributed by atoms with Crippen LogP contribution in [0.4, 0.5) is 5.69 Å². The minimum absolute atomic E-state index is 0.203. The molecule has 1 aromatic carbocycles. The van der Waals surface area contributed by atoms with Gasteiger partial charge in [-0.15, -0.1) is 0 Å². The monoisotopic (exact) mass is 365 g/mol. The lowest BCUT2D eigenvalue weighted by molar-refractivity contribution is -0.114. The maximum atomic E-state index is 11.9. The fourth-order valence-corrected chi connectivity index (χ4v) is 4.38. The summed E-state index contributed by atoms with van der Waals surface area (Å²) in [7, 11) is -10.1. The van der Waals surface area contributed by atoms with Gasteiger partial charge < -0.3 is 24.9 Å². The van der Waals surface area contributed by atoms with E-state index in [1.54, 1.807) is 0 Å². The third kappa shape index (κ3) is 6.35. The van der Waals surface area contributed by atoms with E-state index in [2.05, 4.69) is 5.32 Å². The molecule has 9 nitrogen and oxygen atoms in total. The predicted molar refractivity (Wildman–Crippen MR) is 82.2 cm³/mol. The van der Waals surface area contributed by atoms with Crippen LogP contribution in [0.25, 0.3) is 0 Å². The van der Waals surface area contributed by atoms with Crippen LogP contribution in [0.15, 0.2) is 24.3 Å². The van der Waals surface area contributed by atoms with Crippen LogP contribution < -0.4 is 5.32 Å². The van der Waals surface area contributed by atoms with E-state index in [-0.39, 0.29) is 11.5 Å². The number of carbonyl (C=O) groups excluding carboxylic acids is 2. The van der Waals surface area contributed by atoms with Gasteiger partial charge in [-0.2, -0.15) is 0 Å². The van der Waals surface area contributed by atoms with Crippen LogP contribution in [0.1, 0.15) is 30.1 Å². The number of carbonyl (C=O) groups is 2. The van der Waals surface area contributed by atoms with Crippen molar-refractivity contribution >= 4 is 32.6 Å². The second kappa shape index (κ2) is 7.49. The molecule has 0 bridgehead atoms. The maximum absolute atomic E-state index is 11.9. The van der Waals surface area contributed by atoms with Crippen LogP contribution in [0.2, 0.25) is 0 Å². The fraction of sp³-hybridized carbons (Fsp3) is 0.333. The Kier molecular flexibility index (Phi) is 6.41. The van der Waals surface area contributed by atoms with Crippen molar-refractivity contribution in [2.45, 2.75) is 25.2 Å². The smallest absolute Gasteiger partial charge is 0.326 e. The Labute approximate surface area is 132 Å². The average molecular weight is 365 g/mol. The number of anilines is 1. The summed E-state index contributed by atoms with van der Waals surface area (Å²) < 4.78 is 22.3. The van der Waals surface area contributed by atoms with Gasteiger partial charge in [-0.05, 0) is 30.7 Å². The summed E-state index contributed by atoms with van der Waals surface area (Å²) in [4.78, 5) is 58.8. The van der Waals surface area contributed by atoms with Crippen molar-refractivity contribution in [1.29, 1.82) is 0 Å². The van der Waals surface area contributed by atoms with Crippen molar-refractivity contribution in [3.63, 3.8) is 0 Å². The molecule has 128 valence electrons. The molecule has 5 N–H and O–H groups in total. The zero-order valence-electron chi connectivity index (χ0n) is 12.1. The molecule has 0 heterocycles. The standard InChI is InChI=1S/C12H17NO8P2/c1-8(14)13-10-4-2-9(3-5-10)11(15)6-7-12(22(16,17)18)23(19,20)21/h2-5,12H,6-7H2,1H3,(H,13,14)(H2,16,17,18)(H2,19,20,21). The van der Waals surface area contributed by atoms with E-state index in [1.165, 1.54) is 31.2 Å². The molecule has 0 aliphatic heterocycles. The van der Waals surface area contributed by atoms with Crippen molar-refractivity contribution < 1.29 is 38.3 Å². The molecule has 0 radical (unpaired) electrons. The van der Waals surface area contributed by atoms with Gasteiger partial charge in [-0.1, -0.05) is 0 Å². The van der Waals surface area contributed by atoms with E-state index in [1.807, 2.05) is 0 Å². The lowest BCUT2D eigenvalue weighted by Gasteiger charge is -2.19. The normalized spacial score (nSPS) is 12.3. The lowest BCUT2D eigenvalue weighted by Crippen LogP contribution is -2.12. The highest BCUT2D eigenvalue weighted by atomic mass is 31.2. The summed E-state index contributed by atoms with van der Waals surface area (Å²) in [6.45, 7) is 1.32. The molecule has 0 aliphatic carbocycles. The number of Topliss-reactive ketones (excluding diaryl/α,β-unsaturated/α-hetero) is 1. The largest absolute Gasteiger partial charge is 0.340 e. The first-order chi connectivity index (χ1) is 10.4. The number of amides is 1. The minimum atomic E-state index is -5.03. The Morgan fingerprint density at radius 1 is 1.04 bits per heavy atom. The van der Waals surface area contributed by atoms with Gasteiger partial charge >= 0.3 is 15.2 Å². The van der Waals surface area contributed by atoms with Gasteiger partial charge in [0.15, 0.2) is 11.2 Å². The van der Waals surface area contributed by atoms with Crippen LogP contribution in [0, 0.1) is 0 Å². The molecular formula is C12H17NO8P2. The van der Waals surface area contributed by atoms with Gasteiger partial charge in [-0.3, -0.25) is 18.7 Å². The Bertz CT molecular complexity index is 653. The van der Waals surface area contributed by atoms with Gasteiger partial charge in [0, 0.05) is 24.6 Å². The van der Waals surface area contributed by atoms with Gasteiger partial charge in [0.05, 0.1) is 0 Å². The van der Waals surface area contributed by atoms with E-state index in [4.69, 9.17) is 19.6 Å². The highest BCUT2D eigenvalue weighted by Crippen LogP contribution is 2.61. The van der Waals surface area contributed by atoms with Crippen molar-refractivity contribution in [2.75, 3.05) is 5.32 Å². The quantitative estimate of drug-likeness (QED) is 0.357. The van der Waals surface area contributed by atoms with E-state index in [0.29, 0.717) is 5.69 Å². The van der Waals surface area contributed by atoms with Crippen LogP contribution in [0.5, 0.6) is 0 Å². The summed E-state index contributed by atoms with van der Waals surface area (Å²) >= 11 is 0. The van der Waals surface area contributed by atoms with Crippen molar-refractivity contribution in [1.82, 2.24) is 0 Å². The van der Waals surface area contributed by atoms with Crippen LogP contribution in [-0.2, 0) is 13.9 Å². The summed E-state index contributed by atoms with van der Waals surface area (Å²) in [6, 6.07) is 5.74. The SMILES string of the molecule is CC(=O)Nc1ccc(C(=O)CCC(P(=O)(O)O)P(=O)(O)O)cc1. The topological polar surface area (TPSA) is 161 Å². The van der Waals surface area contributed by atoms with Crippen molar-refractivity contribution in [3.8, 4) is 0 Å². The molecule has 1 amide bonds. The van der Waals surface area contributed by atoms with Crippen LogP contribution in [0.3, 0.4) is 0 Å². The van der Waals surface area contributed by atoms with Crippen LogP contribution >= 0.6 is 15.2 Å². The Morgan fingerprint density at radius 3 is 1.91 bits per heavy atom. The van der Waals surface area contributed by atoms with E-state index in [9.17, 15) is 18.7 Å². The molecule has 0 spiro atoms. The van der Waals surface area contributed by atoms with Gasteiger partial charge in [0.1, 0.15) is 0 Å².